The number of benzene rings is 2. The standard InChI is InChI=1S/C25H22BrN3O3/c1-28(2)20-11-7-17(8-12-20)22-21(23(30)18-5-9-19(26)10-6-18)24(31)25(32)29(22)15-16-4-3-13-27-14-16/h3-14,22,30H,15H2,1-2H3/b23-21-. The molecular formula is C25H22BrN3O3. The Bertz CT molecular complexity index is 1170. The number of aliphatic hydroxyl groups is 1. The first kappa shape index (κ1) is 21.8. The van der Waals surface area contributed by atoms with Crippen LogP contribution in [0.2, 0.25) is 0 Å². The largest absolute Gasteiger partial charge is 0.507 e. The van der Waals surface area contributed by atoms with E-state index < -0.39 is 17.7 Å². The number of aliphatic hydroxyl groups excluding tert-OH is 1. The fraction of sp³-hybridized carbons (Fsp3) is 0.160. The number of ketones is 1. The fourth-order valence-corrected chi connectivity index (χ4v) is 4.06. The van der Waals surface area contributed by atoms with Gasteiger partial charge in [-0.3, -0.25) is 14.6 Å². The molecule has 3 aromatic rings. The average molecular weight is 492 g/mol. The summed E-state index contributed by atoms with van der Waals surface area (Å²) in [4.78, 5) is 33.7. The fourth-order valence-electron chi connectivity index (χ4n) is 3.80. The number of amides is 1. The summed E-state index contributed by atoms with van der Waals surface area (Å²) in [5, 5.41) is 11.1. The summed E-state index contributed by atoms with van der Waals surface area (Å²) < 4.78 is 0.849. The summed E-state index contributed by atoms with van der Waals surface area (Å²) in [6, 6.07) is 17.5. The van der Waals surface area contributed by atoms with Crippen molar-refractivity contribution in [2.24, 2.45) is 0 Å². The van der Waals surface area contributed by atoms with Crippen molar-refractivity contribution in [1.82, 2.24) is 9.88 Å². The van der Waals surface area contributed by atoms with E-state index in [-0.39, 0.29) is 17.9 Å². The number of rotatable bonds is 5. The first-order valence-electron chi connectivity index (χ1n) is 10.1. The van der Waals surface area contributed by atoms with Crippen LogP contribution in [-0.2, 0) is 16.1 Å². The van der Waals surface area contributed by atoms with Gasteiger partial charge in [-0.25, -0.2) is 0 Å². The van der Waals surface area contributed by atoms with Crippen LogP contribution in [0.1, 0.15) is 22.7 Å². The number of carbonyl (C=O) groups excluding carboxylic acids is 2. The Morgan fingerprint density at radius 2 is 1.75 bits per heavy atom. The summed E-state index contributed by atoms with van der Waals surface area (Å²) in [5.41, 5.74) is 3.09. The molecule has 1 aliphatic rings. The van der Waals surface area contributed by atoms with Crippen LogP contribution >= 0.6 is 15.9 Å². The predicted molar refractivity (Wildman–Crippen MR) is 127 cm³/mol. The maximum Gasteiger partial charge on any atom is 0.295 e. The summed E-state index contributed by atoms with van der Waals surface area (Å²) in [6.45, 7) is 0.204. The van der Waals surface area contributed by atoms with Gasteiger partial charge in [-0.2, -0.15) is 0 Å². The van der Waals surface area contributed by atoms with E-state index >= 15 is 0 Å². The number of carbonyl (C=O) groups is 2. The van der Waals surface area contributed by atoms with Crippen molar-refractivity contribution >= 4 is 39.1 Å². The normalized spacial score (nSPS) is 17.6. The highest BCUT2D eigenvalue weighted by atomic mass is 79.9. The molecule has 0 bridgehead atoms. The van der Waals surface area contributed by atoms with Gasteiger partial charge in [-0.1, -0.05) is 46.3 Å². The van der Waals surface area contributed by atoms with Crippen molar-refractivity contribution in [1.29, 1.82) is 0 Å². The molecule has 7 heteroatoms. The Morgan fingerprint density at radius 3 is 2.34 bits per heavy atom. The number of Topliss-reactive ketones (excluding diaryl/α,β-unsaturated/α-hetero) is 1. The molecule has 1 saturated heterocycles. The highest BCUT2D eigenvalue weighted by molar-refractivity contribution is 9.10. The Labute approximate surface area is 194 Å². The summed E-state index contributed by atoms with van der Waals surface area (Å²) in [7, 11) is 3.88. The second-order valence-corrected chi connectivity index (χ2v) is 8.70. The van der Waals surface area contributed by atoms with E-state index in [4.69, 9.17) is 0 Å². The lowest BCUT2D eigenvalue weighted by atomic mass is 9.95. The van der Waals surface area contributed by atoms with Gasteiger partial charge in [0.05, 0.1) is 11.6 Å². The Hall–Kier alpha value is -3.45. The first-order valence-corrected chi connectivity index (χ1v) is 10.9. The van der Waals surface area contributed by atoms with Crippen molar-refractivity contribution in [3.63, 3.8) is 0 Å². The lowest BCUT2D eigenvalue weighted by Gasteiger charge is -2.26. The molecule has 0 saturated carbocycles. The van der Waals surface area contributed by atoms with E-state index in [0.717, 1.165) is 21.3 Å². The lowest BCUT2D eigenvalue weighted by molar-refractivity contribution is -0.140. The zero-order chi connectivity index (χ0) is 22.8. The predicted octanol–water partition coefficient (Wildman–Crippen LogP) is 4.53. The molecule has 1 unspecified atom stereocenters. The molecular weight excluding hydrogens is 470 g/mol. The third-order valence-electron chi connectivity index (χ3n) is 5.46. The van der Waals surface area contributed by atoms with Crippen LogP contribution in [0.15, 0.2) is 83.1 Å². The second-order valence-electron chi connectivity index (χ2n) is 7.78. The van der Waals surface area contributed by atoms with Gasteiger partial charge in [-0.15, -0.1) is 0 Å². The van der Waals surface area contributed by atoms with Gasteiger partial charge in [0.1, 0.15) is 5.76 Å². The molecule has 2 heterocycles. The molecule has 1 amide bonds. The minimum absolute atomic E-state index is 0.0822. The minimum Gasteiger partial charge on any atom is -0.507 e. The highest BCUT2D eigenvalue weighted by Gasteiger charge is 2.46. The molecule has 1 aliphatic heterocycles. The monoisotopic (exact) mass is 491 g/mol. The van der Waals surface area contributed by atoms with Gasteiger partial charge in [0.15, 0.2) is 0 Å². The number of anilines is 1. The number of aromatic nitrogens is 1. The third-order valence-corrected chi connectivity index (χ3v) is 5.99. The topological polar surface area (TPSA) is 73.7 Å². The third kappa shape index (κ3) is 4.16. The van der Waals surface area contributed by atoms with Crippen LogP contribution in [0, 0.1) is 0 Å². The Balaban J connectivity index is 1.84. The number of hydrogen-bond donors (Lipinski definition) is 1. The van der Waals surface area contributed by atoms with E-state index in [9.17, 15) is 14.7 Å². The molecule has 6 nitrogen and oxygen atoms in total. The van der Waals surface area contributed by atoms with Crippen molar-refractivity contribution < 1.29 is 14.7 Å². The minimum atomic E-state index is -0.713. The van der Waals surface area contributed by atoms with Crippen molar-refractivity contribution in [2.45, 2.75) is 12.6 Å². The average Bonchev–Trinajstić information content (AvgIpc) is 3.05. The molecule has 162 valence electrons. The number of likely N-dealkylation sites (tertiary alicyclic amines) is 1. The van der Waals surface area contributed by atoms with E-state index in [2.05, 4.69) is 20.9 Å². The molecule has 4 rings (SSSR count). The van der Waals surface area contributed by atoms with Gasteiger partial charge < -0.3 is 14.9 Å². The van der Waals surface area contributed by atoms with Crippen LogP contribution in [0.5, 0.6) is 0 Å². The van der Waals surface area contributed by atoms with Crippen LogP contribution in [0.25, 0.3) is 5.76 Å². The number of pyridine rings is 1. The quantitative estimate of drug-likeness (QED) is 0.322. The summed E-state index contributed by atoms with van der Waals surface area (Å²) in [5.74, 6) is -1.53. The maximum atomic E-state index is 13.1. The van der Waals surface area contributed by atoms with Crippen molar-refractivity contribution in [3.8, 4) is 0 Å². The van der Waals surface area contributed by atoms with E-state index in [1.54, 1.807) is 42.7 Å². The zero-order valence-corrected chi connectivity index (χ0v) is 19.3. The smallest absolute Gasteiger partial charge is 0.295 e. The van der Waals surface area contributed by atoms with E-state index in [0.29, 0.717) is 5.56 Å². The molecule has 1 atom stereocenters. The molecule has 1 aromatic heterocycles. The molecule has 0 spiro atoms. The number of halogens is 1. The number of hydrogen-bond acceptors (Lipinski definition) is 5. The Morgan fingerprint density at radius 1 is 1.06 bits per heavy atom. The highest BCUT2D eigenvalue weighted by Crippen LogP contribution is 2.40. The molecule has 1 fully saturated rings. The van der Waals surface area contributed by atoms with Gasteiger partial charge >= 0.3 is 0 Å². The molecule has 32 heavy (non-hydrogen) atoms. The van der Waals surface area contributed by atoms with Crippen molar-refractivity contribution in [3.05, 3.63) is 99.8 Å². The Kier molecular flexibility index (Phi) is 6.10. The van der Waals surface area contributed by atoms with Gasteiger partial charge in [0.25, 0.3) is 11.7 Å². The SMILES string of the molecule is CN(C)c1ccc(C2/C(=C(/O)c3ccc(Br)cc3)C(=O)C(=O)N2Cc2cccnc2)cc1. The van der Waals surface area contributed by atoms with Gasteiger partial charge in [0.2, 0.25) is 0 Å². The van der Waals surface area contributed by atoms with Crippen LogP contribution in [0.4, 0.5) is 5.69 Å². The van der Waals surface area contributed by atoms with E-state index in [1.165, 1.54) is 4.90 Å². The maximum absolute atomic E-state index is 13.1. The summed E-state index contributed by atoms with van der Waals surface area (Å²) >= 11 is 3.38. The molecule has 0 radical (unpaired) electrons. The molecule has 0 aliphatic carbocycles. The second kappa shape index (κ2) is 8.96. The first-order chi connectivity index (χ1) is 15.4. The van der Waals surface area contributed by atoms with Crippen LogP contribution in [-0.4, -0.2) is 40.8 Å². The van der Waals surface area contributed by atoms with Crippen LogP contribution < -0.4 is 4.90 Å². The van der Waals surface area contributed by atoms with Crippen LogP contribution in [0.3, 0.4) is 0 Å². The number of nitrogens with zero attached hydrogens (tertiary/aromatic N) is 3. The van der Waals surface area contributed by atoms with Crippen molar-refractivity contribution in [2.75, 3.05) is 19.0 Å². The zero-order valence-electron chi connectivity index (χ0n) is 17.7. The molecule has 1 N–H and O–H groups in total. The van der Waals surface area contributed by atoms with Gasteiger partial charge in [-0.05, 0) is 41.5 Å². The lowest BCUT2D eigenvalue weighted by Crippen LogP contribution is -2.29. The summed E-state index contributed by atoms with van der Waals surface area (Å²) in [6.07, 6.45) is 3.32. The van der Waals surface area contributed by atoms with E-state index in [1.807, 2.05) is 49.3 Å². The van der Waals surface area contributed by atoms with Gasteiger partial charge in [0, 0.05) is 48.8 Å². The molecule has 2 aromatic carbocycles.